The molecule has 72 valence electrons. The van der Waals surface area contributed by atoms with Crippen molar-refractivity contribution in [1.29, 1.82) is 0 Å². The maximum atomic E-state index is 11.4. The maximum absolute atomic E-state index is 11.4. The van der Waals surface area contributed by atoms with Crippen LogP contribution in [-0.4, -0.2) is 18.9 Å². The first-order chi connectivity index (χ1) is 6.74. The SMILES string of the molecule is COC(=O)c1cccc2c1CCC2=O. The van der Waals surface area contributed by atoms with Gasteiger partial charge < -0.3 is 4.74 Å². The molecule has 14 heavy (non-hydrogen) atoms. The van der Waals surface area contributed by atoms with E-state index in [0.29, 0.717) is 24.0 Å². The Morgan fingerprint density at radius 2 is 2.14 bits per heavy atom. The molecule has 0 aromatic heterocycles. The van der Waals surface area contributed by atoms with Crippen molar-refractivity contribution >= 4 is 11.8 Å². The molecule has 0 N–H and O–H groups in total. The van der Waals surface area contributed by atoms with E-state index < -0.39 is 0 Å². The predicted octanol–water partition coefficient (Wildman–Crippen LogP) is 1.60. The quantitative estimate of drug-likeness (QED) is 0.632. The lowest BCUT2D eigenvalue weighted by Crippen LogP contribution is -2.05. The summed E-state index contributed by atoms with van der Waals surface area (Å²) in [5.74, 6) is -0.248. The van der Waals surface area contributed by atoms with Gasteiger partial charge >= 0.3 is 5.97 Å². The highest BCUT2D eigenvalue weighted by atomic mass is 16.5. The van der Waals surface area contributed by atoms with Gasteiger partial charge in [-0.25, -0.2) is 4.79 Å². The minimum atomic E-state index is -0.364. The summed E-state index contributed by atoms with van der Waals surface area (Å²) in [6.07, 6.45) is 1.16. The van der Waals surface area contributed by atoms with Gasteiger partial charge in [0.05, 0.1) is 12.7 Å². The van der Waals surface area contributed by atoms with E-state index in [0.717, 1.165) is 5.56 Å². The van der Waals surface area contributed by atoms with E-state index >= 15 is 0 Å². The summed E-state index contributed by atoms with van der Waals surface area (Å²) >= 11 is 0. The second kappa shape index (κ2) is 3.25. The molecule has 1 aliphatic rings. The third-order valence-electron chi connectivity index (χ3n) is 2.48. The molecule has 1 aliphatic carbocycles. The summed E-state index contributed by atoms with van der Waals surface area (Å²) in [6.45, 7) is 0. The Labute approximate surface area is 81.7 Å². The average Bonchev–Trinajstić information content (AvgIpc) is 2.59. The van der Waals surface area contributed by atoms with Crippen LogP contribution in [0.25, 0.3) is 0 Å². The predicted molar refractivity (Wildman–Crippen MR) is 50.4 cm³/mol. The fourth-order valence-electron chi connectivity index (χ4n) is 1.79. The number of carbonyl (C=O) groups is 2. The van der Waals surface area contributed by atoms with Crippen LogP contribution in [-0.2, 0) is 11.2 Å². The average molecular weight is 190 g/mol. The van der Waals surface area contributed by atoms with Crippen LogP contribution in [0.4, 0.5) is 0 Å². The van der Waals surface area contributed by atoms with E-state index in [-0.39, 0.29) is 11.8 Å². The first-order valence-electron chi connectivity index (χ1n) is 4.47. The number of ketones is 1. The zero-order chi connectivity index (χ0) is 10.1. The Hall–Kier alpha value is -1.64. The molecule has 0 unspecified atom stereocenters. The fraction of sp³-hybridized carbons (Fsp3) is 0.273. The Morgan fingerprint density at radius 1 is 1.36 bits per heavy atom. The van der Waals surface area contributed by atoms with Crippen molar-refractivity contribution in [2.24, 2.45) is 0 Å². The monoisotopic (exact) mass is 190 g/mol. The van der Waals surface area contributed by atoms with Gasteiger partial charge in [0.2, 0.25) is 0 Å². The number of esters is 1. The fourth-order valence-corrected chi connectivity index (χ4v) is 1.79. The molecule has 1 aromatic carbocycles. The van der Waals surface area contributed by atoms with Gasteiger partial charge in [0.15, 0.2) is 5.78 Å². The summed E-state index contributed by atoms with van der Waals surface area (Å²) < 4.78 is 4.65. The topological polar surface area (TPSA) is 43.4 Å². The minimum Gasteiger partial charge on any atom is -0.465 e. The van der Waals surface area contributed by atoms with Crippen molar-refractivity contribution in [2.75, 3.05) is 7.11 Å². The molecule has 0 atom stereocenters. The van der Waals surface area contributed by atoms with E-state index in [9.17, 15) is 9.59 Å². The molecule has 0 aliphatic heterocycles. The highest BCUT2D eigenvalue weighted by Crippen LogP contribution is 2.25. The molecule has 0 fully saturated rings. The lowest BCUT2D eigenvalue weighted by Gasteiger charge is -2.04. The molecular weight excluding hydrogens is 180 g/mol. The lowest BCUT2D eigenvalue weighted by atomic mass is 10.0. The number of ether oxygens (including phenoxy) is 1. The molecule has 3 nitrogen and oxygen atoms in total. The van der Waals surface area contributed by atoms with Crippen molar-refractivity contribution in [2.45, 2.75) is 12.8 Å². The van der Waals surface area contributed by atoms with Crippen molar-refractivity contribution in [3.05, 3.63) is 34.9 Å². The van der Waals surface area contributed by atoms with Gasteiger partial charge in [-0.3, -0.25) is 4.79 Å². The molecule has 1 aromatic rings. The Bertz CT molecular complexity index is 407. The molecular formula is C11H10O3. The van der Waals surface area contributed by atoms with Gasteiger partial charge in [-0.1, -0.05) is 12.1 Å². The molecule has 0 saturated heterocycles. The number of fused-ring (bicyclic) bond motifs is 1. The normalized spacial score (nSPS) is 13.9. The molecule has 0 radical (unpaired) electrons. The highest BCUT2D eigenvalue weighted by molar-refractivity contribution is 6.04. The first kappa shape index (κ1) is 8.94. The molecule has 0 heterocycles. The van der Waals surface area contributed by atoms with Gasteiger partial charge in [-0.15, -0.1) is 0 Å². The summed E-state index contributed by atoms with van der Waals surface area (Å²) in [6, 6.07) is 5.18. The van der Waals surface area contributed by atoms with Crippen LogP contribution in [0.2, 0.25) is 0 Å². The van der Waals surface area contributed by atoms with E-state index in [1.54, 1.807) is 18.2 Å². The molecule has 0 amide bonds. The van der Waals surface area contributed by atoms with Gasteiger partial charge in [-0.2, -0.15) is 0 Å². The second-order valence-corrected chi connectivity index (χ2v) is 3.25. The smallest absolute Gasteiger partial charge is 0.338 e. The van der Waals surface area contributed by atoms with Gasteiger partial charge in [0, 0.05) is 12.0 Å². The number of Topliss-reactive ketones (excluding diaryl/α,β-unsaturated/α-hetero) is 1. The molecule has 0 bridgehead atoms. The molecule has 0 saturated carbocycles. The summed E-state index contributed by atoms with van der Waals surface area (Å²) in [5.41, 5.74) is 2.04. The maximum Gasteiger partial charge on any atom is 0.338 e. The van der Waals surface area contributed by atoms with E-state index in [1.165, 1.54) is 7.11 Å². The van der Waals surface area contributed by atoms with E-state index in [4.69, 9.17) is 0 Å². The van der Waals surface area contributed by atoms with Crippen LogP contribution in [0.1, 0.15) is 32.7 Å². The number of rotatable bonds is 1. The molecule has 3 heteroatoms. The van der Waals surface area contributed by atoms with Crippen LogP contribution in [0.3, 0.4) is 0 Å². The number of carbonyl (C=O) groups excluding carboxylic acids is 2. The Morgan fingerprint density at radius 3 is 2.86 bits per heavy atom. The van der Waals surface area contributed by atoms with E-state index in [1.807, 2.05) is 0 Å². The van der Waals surface area contributed by atoms with Crippen LogP contribution < -0.4 is 0 Å². The highest BCUT2D eigenvalue weighted by Gasteiger charge is 2.24. The number of methoxy groups -OCH3 is 1. The summed E-state index contributed by atoms with van der Waals surface area (Å²) in [5, 5.41) is 0. The summed E-state index contributed by atoms with van der Waals surface area (Å²) in [4.78, 5) is 22.7. The van der Waals surface area contributed by atoms with Crippen LogP contribution in [0, 0.1) is 0 Å². The largest absolute Gasteiger partial charge is 0.465 e. The third-order valence-corrected chi connectivity index (χ3v) is 2.48. The van der Waals surface area contributed by atoms with E-state index in [2.05, 4.69) is 4.74 Å². The first-order valence-corrected chi connectivity index (χ1v) is 4.47. The number of hydrogen-bond acceptors (Lipinski definition) is 3. The summed E-state index contributed by atoms with van der Waals surface area (Å²) in [7, 11) is 1.35. The minimum absolute atomic E-state index is 0.116. The molecule has 0 spiro atoms. The van der Waals surface area contributed by atoms with Crippen LogP contribution >= 0.6 is 0 Å². The Kier molecular flexibility index (Phi) is 2.08. The zero-order valence-corrected chi connectivity index (χ0v) is 7.87. The van der Waals surface area contributed by atoms with Gasteiger partial charge in [0.1, 0.15) is 0 Å². The Balaban J connectivity index is 2.54. The van der Waals surface area contributed by atoms with Crippen LogP contribution in [0.15, 0.2) is 18.2 Å². The molecule has 2 rings (SSSR count). The van der Waals surface area contributed by atoms with Gasteiger partial charge in [0.25, 0.3) is 0 Å². The van der Waals surface area contributed by atoms with Crippen molar-refractivity contribution < 1.29 is 14.3 Å². The van der Waals surface area contributed by atoms with Crippen molar-refractivity contribution in [3.8, 4) is 0 Å². The second-order valence-electron chi connectivity index (χ2n) is 3.25. The van der Waals surface area contributed by atoms with Crippen LogP contribution in [0.5, 0.6) is 0 Å². The number of benzene rings is 1. The van der Waals surface area contributed by atoms with Crippen molar-refractivity contribution in [3.63, 3.8) is 0 Å². The van der Waals surface area contributed by atoms with Gasteiger partial charge in [-0.05, 0) is 18.1 Å². The number of hydrogen-bond donors (Lipinski definition) is 0. The standard InChI is InChI=1S/C11H10O3/c1-14-11(13)9-4-2-3-8-7(9)5-6-10(8)12/h2-4H,5-6H2,1H3. The van der Waals surface area contributed by atoms with Crippen molar-refractivity contribution in [1.82, 2.24) is 0 Å². The zero-order valence-electron chi connectivity index (χ0n) is 7.87. The lowest BCUT2D eigenvalue weighted by molar-refractivity contribution is 0.0599. The third kappa shape index (κ3) is 1.21.